The second kappa shape index (κ2) is 4.43. The third-order valence-electron chi connectivity index (χ3n) is 2.89. The number of anilines is 1. The molecule has 0 spiro atoms. The smallest absolute Gasteiger partial charge is 0.324 e. The van der Waals surface area contributed by atoms with Crippen molar-refractivity contribution in [3.05, 3.63) is 28.7 Å². The van der Waals surface area contributed by atoms with Gasteiger partial charge in [0.15, 0.2) is 0 Å². The number of halogens is 1. The van der Waals surface area contributed by atoms with Gasteiger partial charge in [0.2, 0.25) is 0 Å². The lowest BCUT2D eigenvalue weighted by molar-refractivity contribution is 0.219. The summed E-state index contributed by atoms with van der Waals surface area (Å²) >= 11 is 3.45. The molecule has 0 aliphatic carbocycles. The van der Waals surface area contributed by atoms with Crippen LogP contribution in [-0.4, -0.2) is 37.1 Å². The zero-order chi connectivity index (χ0) is 11.7. The number of hydrogen-bond donors (Lipinski definition) is 1. The van der Waals surface area contributed by atoms with Crippen molar-refractivity contribution in [2.45, 2.75) is 6.04 Å². The number of hydrogen-bond acceptors (Lipinski definition) is 2. The minimum atomic E-state index is 0.00218. The molecule has 2 rings (SSSR count). The van der Waals surface area contributed by atoms with E-state index in [2.05, 4.69) is 15.9 Å². The molecule has 1 atom stereocenters. The van der Waals surface area contributed by atoms with E-state index >= 15 is 0 Å². The van der Waals surface area contributed by atoms with E-state index < -0.39 is 0 Å². The monoisotopic (exact) mass is 283 g/mol. The fourth-order valence-corrected chi connectivity index (χ4v) is 2.36. The van der Waals surface area contributed by atoms with Crippen LogP contribution < -0.4 is 10.6 Å². The highest BCUT2D eigenvalue weighted by Crippen LogP contribution is 2.29. The van der Waals surface area contributed by atoms with Crippen LogP contribution in [0.1, 0.15) is 0 Å². The Bertz CT molecular complexity index is 410. The Morgan fingerprint density at radius 1 is 1.50 bits per heavy atom. The number of carbonyl (C=O) groups is 1. The molecule has 0 aromatic heterocycles. The molecule has 86 valence electrons. The van der Waals surface area contributed by atoms with Gasteiger partial charge in [-0.25, -0.2) is 4.79 Å². The van der Waals surface area contributed by atoms with E-state index in [1.54, 1.807) is 16.8 Å². The van der Waals surface area contributed by atoms with Gasteiger partial charge in [-0.15, -0.1) is 0 Å². The zero-order valence-electron chi connectivity index (χ0n) is 9.06. The normalized spacial score (nSPS) is 20.7. The van der Waals surface area contributed by atoms with Crippen LogP contribution in [0.3, 0.4) is 0 Å². The van der Waals surface area contributed by atoms with Crippen molar-refractivity contribution in [3.63, 3.8) is 0 Å². The molecule has 0 saturated carbocycles. The highest BCUT2D eigenvalue weighted by atomic mass is 79.9. The highest BCUT2D eigenvalue weighted by Gasteiger charge is 2.35. The van der Waals surface area contributed by atoms with Crippen molar-refractivity contribution in [3.8, 4) is 0 Å². The molecule has 4 nitrogen and oxygen atoms in total. The van der Waals surface area contributed by atoms with Crippen molar-refractivity contribution < 1.29 is 4.79 Å². The molecule has 1 unspecified atom stereocenters. The van der Waals surface area contributed by atoms with Gasteiger partial charge in [-0.1, -0.05) is 12.1 Å². The predicted octanol–water partition coefficient (Wildman–Crippen LogP) is 1.65. The highest BCUT2D eigenvalue weighted by molar-refractivity contribution is 9.10. The lowest BCUT2D eigenvalue weighted by Gasteiger charge is -2.17. The molecule has 0 bridgehead atoms. The average molecular weight is 284 g/mol. The van der Waals surface area contributed by atoms with Gasteiger partial charge in [0.1, 0.15) is 0 Å². The zero-order valence-corrected chi connectivity index (χ0v) is 10.6. The summed E-state index contributed by atoms with van der Waals surface area (Å²) in [6.45, 7) is 1.14. The standard InChI is InChI=1S/C11H14BrN3O/c1-14-8(6-13)7-15(11(14)16)10-5-3-2-4-9(10)12/h2-5,8H,6-7,13H2,1H3. The quantitative estimate of drug-likeness (QED) is 0.897. The number of rotatable bonds is 2. The third kappa shape index (κ3) is 1.81. The van der Waals surface area contributed by atoms with Crippen molar-refractivity contribution in [1.82, 2.24) is 4.90 Å². The maximum atomic E-state index is 12.0. The first-order valence-electron chi connectivity index (χ1n) is 5.14. The summed E-state index contributed by atoms with van der Waals surface area (Å²) in [5.41, 5.74) is 6.53. The topological polar surface area (TPSA) is 49.6 Å². The number of nitrogens with two attached hydrogens (primary N) is 1. The van der Waals surface area contributed by atoms with Gasteiger partial charge in [0.25, 0.3) is 0 Å². The molecular formula is C11H14BrN3O. The first-order chi connectivity index (χ1) is 7.65. The second-order valence-electron chi connectivity index (χ2n) is 3.85. The van der Waals surface area contributed by atoms with Crippen molar-refractivity contribution >= 4 is 27.6 Å². The van der Waals surface area contributed by atoms with Gasteiger partial charge < -0.3 is 10.6 Å². The molecule has 5 heteroatoms. The maximum Gasteiger partial charge on any atom is 0.324 e. The van der Waals surface area contributed by atoms with Crippen LogP contribution in [-0.2, 0) is 0 Å². The minimum absolute atomic E-state index is 0.00218. The van der Waals surface area contributed by atoms with Crippen LogP contribution in [0, 0.1) is 0 Å². The Labute approximate surface area is 103 Å². The van der Waals surface area contributed by atoms with Crippen LogP contribution in [0.2, 0.25) is 0 Å². The maximum absolute atomic E-state index is 12.0. The summed E-state index contributed by atoms with van der Waals surface area (Å²) < 4.78 is 0.925. The number of para-hydroxylation sites is 1. The van der Waals surface area contributed by atoms with E-state index in [1.807, 2.05) is 24.3 Å². The Hall–Kier alpha value is -1.07. The molecule has 1 aromatic carbocycles. The van der Waals surface area contributed by atoms with Gasteiger partial charge in [0.05, 0.1) is 11.7 Å². The number of amides is 2. The number of likely N-dealkylation sites (N-methyl/N-ethyl adjacent to an activating group) is 1. The Morgan fingerprint density at radius 3 is 2.75 bits per heavy atom. The minimum Gasteiger partial charge on any atom is -0.328 e. The molecule has 0 radical (unpaired) electrons. The van der Waals surface area contributed by atoms with Crippen molar-refractivity contribution in [1.29, 1.82) is 0 Å². The predicted molar refractivity (Wildman–Crippen MR) is 67.5 cm³/mol. The fourth-order valence-electron chi connectivity index (χ4n) is 1.86. The summed E-state index contributed by atoms with van der Waals surface area (Å²) in [7, 11) is 1.79. The molecule has 1 aromatic rings. The van der Waals surface area contributed by atoms with Gasteiger partial charge in [-0.3, -0.25) is 4.90 Å². The largest absolute Gasteiger partial charge is 0.328 e. The van der Waals surface area contributed by atoms with Gasteiger partial charge in [-0.05, 0) is 28.1 Å². The van der Waals surface area contributed by atoms with Crippen molar-refractivity contribution in [2.75, 3.05) is 25.0 Å². The number of nitrogens with zero attached hydrogens (tertiary/aromatic N) is 2. The lowest BCUT2D eigenvalue weighted by Crippen LogP contribution is -2.35. The number of benzene rings is 1. The fraction of sp³-hybridized carbons (Fsp3) is 0.364. The average Bonchev–Trinajstić information content (AvgIpc) is 2.57. The van der Waals surface area contributed by atoms with Gasteiger partial charge >= 0.3 is 6.03 Å². The summed E-state index contributed by atoms with van der Waals surface area (Å²) in [4.78, 5) is 15.4. The van der Waals surface area contributed by atoms with E-state index in [1.165, 1.54) is 0 Å². The molecule has 1 aliphatic heterocycles. The van der Waals surface area contributed by atoms with Crippen LogP contribution in [0.25, 0.3) is 0 Å². The lowest BCUT2D eigenvalue weighted by atomic mass is 10.2. The Kier molecular flexibility index (Phi) is 3.16. The molecule has 16 heavy (non-hydrogen) atoms. The summed E-state index contributed by atoms with van der Waals surface area (Å²) in [6, 6.07) is 7.80. The van der Waals surface area contributed by atoms with Crippen molar-refractivity contribution in [2.24, 2.45) is 5.73 Å². The van der Waals surface area contributed by atoms with E-state index in [0.29, 0.717) is 13.1 Å². The SMILES string of the molecule is CN1C(=O)N(c2ccccc2Br)CC1CN. The second-order valence-corrected chi connectivity index (χ2v) is 4.70. The van der Waals surface area contributed by atoms with E-state index in [-0.39, 0.29) is 12.1 Å². The molecule has 1 heterocycles. The molecule has 1 fully saturated rings. The van der Waals surface area contributed by atoms with Crippen LogP contribution in [0.15, 0.2) is 28.7 Å². The number of urea groups is 1. The molecule has 1 saturated heterocycles. The summed E-state index contributed by atoms with van der Waals surface area (Å²) in [6.07, 6.45) is 0. The third-order valence-corrected chi connectivity index (χ3v) is 3.56. The molecular weight excluding hydrogens is 270 g/mol. The van der Waals surface area contributed by atoms with Crippen LogP contribution in [0.5, 0.6) is 0 Å². The molecule has 2 N–H and O–H groups in total. The van der Waals surface area contributed by atoms with E-state index in [0.717, 1.165) is 10.2 Å². The summed E-state index contributed by atoms with van der Waals surface area (Å²) in [5, 5.41) is 0. The van der Waals surface area contributed by atoms with E-state index in [9.17, 15) is 4.79 Å². The summed E-state index contributed by atoms with van der Waals surface area (Å²) in [5.74, 6) is 0. The van der Waals surface area contributed by atoms with E-state index in [4.69, 9.17) is 5.73 Å². The first kappa shape index (κ1) is 11.4. The Balaban J connectivity index is 2.30. The van der Waals surface area contributed by atoms with Gasteiger partial charge in [-0.2, -0.15) is 0 Å². The molecule has 2 amide bonds. The molecule has 1 aliphatic rings. The first-order valence-corrected chi connectivity index (χ1v) is 5.93. The van der Waals surface area contributed by atoms with Gasteiger partial charge in [0, 0.05) is 24.6 Å². The Morgan fingerprint density at radius 2 is 2.19 bits per heavy atom. The van der Waals surface area contributed by atoms with Crippen LogP contribution in [0.4, 0.5) is 10.5 Å². The van der Waals surface area contributed by atoms with Crippen LogP contribution >= 0.6 is 15.9 Å². The number of carbonyl (C=O) groups excluding carboxylic acids is 1.